The molecule has 0 spiro atoms. The van der Waals surface area contributed by atoms with E-state index in [0.29, 0.717) is 12.8 Å². The van der Waals surface area contributed by atoms with Gasteiger partial charge in [-0.15, -0.1) is 0 Å². The van der Waals surface area contributed by atoms with Crippen molar-refractivity contribution in [3.63, 3.8) is 0 Å². The summed E-state index contributed by atoms with van der Waals surface area (Å²) >= 11 is 0. The summed E-state index contributed by atoms with van der Waals surface area (Å²) in [6, 6.07) is -1.69. The van der Waals surface area contributed by atoms with Crippen molar-refractivity contribution in [2.45, 2.75) is 72.9 Å². The van der Waals surface area contributed by atoms with Crippen LogP contribution in [0.5, 0.6) is 0 Å². The fourth-order valence-electron chi connectivity index (χ4n) is 2.75. The minimum absolute atomic E-state index is 0.109. The normalized spacial score (nSPS) is 14.2. The van der Waals surface area contributed by atoms with Crippen molar-refractivity contribution in [1.82, 2.24) is 16.1 Å². The Hall–Kier alpha value is -2.16. The summed E-state index contributed by atoms with van der Waals surface area (Å²) in [5, 5.41) is 14.0. The molecule has 3 atom stereocenters. The molecule has 0 aromatic rings. The average molecular weight is 402 g/mol. The van der Waals surface area contributed by atoms with Crippen molar-refractivity contribution in [2.75, 3.05) is 6.61 Å². The number of hydroxylamine groups is 1. The van der Waals surface area contributed by atoms with Gasteiger partial charge in [-0.2, -0.15) is 0 Å². The van der Waals surface area contributed by atoms with Crippen LogP contribution in [0.4, 0.5) is 0 Å². The molecule has 0 radical (unpaired) electrons. The van der Waals surface area contributed by atoms with Crippen molar-refractivity contribution >= 4 is 23.7 Å². The predicted molar refractivity (Wildman–Crippen MR) is 103 cm³/mol. The number of hydrogen-bond donors (Lipinski definition) is 4. The van der Waals surface area contributed by atoms with Gasteiger partial charge in [-0.3, -0.25) is 19.6 Å². The number of nitrogens with one attached hydrogen (secondary N) is 3. The molecular weight excluding hydrogens is 366 g/mol. The molecule has 0 fully saturated rings. The van der Waals surface area contributed by atoms with E-state index in [1.54, 1.807) is 6.92 Å². The molecular formula is C19H35N3O6. The molecule has 162 valence electrons. The fourth-order valence-corrected chi connectivity index (χ4v) is 2.75. The minimum Gasteiger partial charge on any atom is -0.464 e. The first-order chi connectivity index (χ1) is 13.0. The molecule has 0 bridgehead atoms. The molecule has 4 N–H and O–H groups in total. The number of esters is 1. The lowest BCUT2D eigenvalue weighted by molar-refractivity contribution is -0.147. The molecule has 0 aliphatic carbocycles. The summed E-state index contributed by atoms with van der Waals surface area (Å²) < 4.78 is 4.88. The van der Waals surface area contributed by atoms with E-state index in [9.17, 15) is 19.2 Å². The van der Waals surface area contributed by atoms with Crippen LogP contribution in [-0.2, 0) is 23.9 Å². The van der Waals surface area contributed by atoms with E-state index in [1.165, 1.54) is 12.4 Å². The molecule has 0 saturated heterocycles. The summed E-state index contributed by atoms with van der Waals surface area (Å²) in [7, 11) is 0. The summed E-state index contributed by atoms with van der Waals surface area (Å²) in [5.41, 5.74) is 1.53. The van der Waals surface area contributed by atoms with E-state index in [-0.39, 0.29) is 24.9 Å². The molecule has 3 amide bonds. The van der Waals surface area contributed by atoms with Crippen LogP contribution < -0.4 is 16.1 Å². The maximum absolute atomic E-state index is 12.7. The zero-order valence-corrected chi connectivity index (χ0v) is 17.7. The van der Waals surface area contributed by atoms with Crippen molar-refractivity contribution in [2.24, 2.45) is 17.8 Å². The SMILES string of the molecule is CCOC(=O)[C@@H](C)NC(=O)[C@H](CC(C)C)NC(=O)C(CC(=O)NO)CC(C)C. The fraction of sp³-hybridized carbons (Fsp3) is 0.789. The second-order valence-electron chi connectivity index (χ2n) is 7.74. The van der Waals surface area contributed by atoms with Gasteiger partial charge in [0.1, 0.15) is 12.1 Å². The molecule has 9 heteroatoms. The largest absolute Gasteiger partial charge is 0.464 e. The average Bonchev–Trinajstić information content (AvgIpc) is 2.59. The van der Waals surface area contributed by atoms with Crippen LogP contribution in [0.1, 0.15) is 60.8 Å². The minimum atomic E-state index is -0.851. The summed E-state index contributed by atoms with van der Waals surface area (Å²) in [4.78, 5) is 48.6. The highest BCUT2D eigenvalue weighted by molar-refractivity contribution is 5.92. The van der Waals surface area contributed by atoms with Crippen molar-refractivity contribution in [3.05, 3.63) is 0 Å². The van der Waals surface area contributed by atoms with E-state index >= 15 is 0 Å². The Bertz CT molecular complexity index is 536. The first-order valence-corrected chi connectivity index (χ1v) is 9.71. The quantitative estimate of drug-likeness (QED) is 0.220. The second kappa shape index (κ2) is 13.1. The monoisotopic (exact) mass is 401 g/mol. The van der Waals surface area contributed by atoms with Crippen LogP contribution in [0.15, 0.2) is 0 Å². The third-order valence-corrected chi connectivity index (χ3v) is 4.02. The number of carbonyl (C=O) groups is 4. The second-order valence-corrected chi connectivity index (χ2v) is 7.74. The van der Waals surface area contributed by atoms with Crippen molar-refractivity contribution in [3.8, 4) is 0 Å². The van der Waals surface area contributed by atoms with Gasteiger partial charge in [0.05, 0.1) is 6.61 Å². The van der Waals surface area contributed by atoms with Crippen LogP contribution in [0.3, 0.4) is 0 Å². The van der Waals surface area contributed by atoms with Crippen molar-refractivity contribution < 1.29 is 29.1 Å². The highest BCUT2D eigenvalue weighted by Gasteiger charge is 2.29. The van der Waals surface area contributed by atoms with Gasteiger partial charge in [0.25, 0.3) is 0 Å². The molecule has 1 unspecified atom stereocenters. The van der Waals surface area contributed by atoms with Crippen LogP contribution in [-0.4, -0.2) is 47.6 Å². The number of ether oxygens (including phenoxy) is 1. The highest BCUT2D eigenvalue weighted by atomic mass is 16.5. The molecule has 0 aromatic carbocycles. The molecule has 0 aliphatic heterocycles. The molecule has 28 heavy (non-hydrogen) atoms. The maximum Gasteiger partial charge on any atom is 0.328 e. The van der Waals surface area contributed by atoms with E-state index < -0.39 is 41.7 Å². The van der Waals surface area contributed by atoms with E-state index in [2.05, 4.69) is 10.6 Å². The van der Waals surface area contributed by atoms with Gasteiger partial charge in [-0.25, -0.2) is 10.3 Å². The van der Waals surface area contributed by atoms with Crippen molar-refractivity contribution in [1.29, 1.82) is 0 Å². The Morgan fingerprint density at radius 1 is 0.893 bits per heavy atom. The van der Waals surface area contributed by atoms with Gasteiger partial charge >= 0.3 is 5.97 Å². The van der Waals surface area contributed by atoms with Gasteiger partial charge in [-0.1, -0.05) is 27.7 Å². The Kier molecular flexibility index (Phi) is 12.1. The topological polar surface area (TPSA) is 134 Å². The Labute approximate surface area is 166 Å². The number of carbonyl (C=O) groups excluding carboxylic acids is 4. The Balaban J connectivity index is 5.20. The van der Waals surface area contributed by atoms with Gasteiger partial charge in [0.15, 0.2) is 0 Å². The number of rotatable bonds is 12. The summed E-state index contributed by atoms with van der Waals surface area (Å²) in [6.07, 6.45) is 0.609. The van der Waals surface area contributed by atoms with E-state index in [4.69, 9.17) is 9.94 Å². The van der Waals surface area contributed by atoms with Crippen LogP contribution >= 0.6 is 0 Å². The summed E-state index contributed by atoms with van der Waals surface area (Å²) in [6.45, 7) is 11.0. The molecule has 0 saturated carbocycles. The lowest BCUT2D eigenvalue weighted by atomic mass is 9.92. The van der Waals surface area contributed by atoms with Gasteiger partial charge < -0.3 is 15.4 Å². The lowest BCUT2D eigenvalue weighted by Crippen LogP contribution is -2.52. The lowest BCUT2D eigenvalue weighted by Gasteiger charge is -2.25. The Morgan fingerprint density at radius 3 is 1.93 bits per heavy atom. The number of amides is 3. The molecule has 0 rings (SSSR count). The third-order valence-electron chi connectivity index (χ3n) is 4.02. The van der Waals surface area contributed by atoms with Crippen LogP contribution in [0.2, 0.25) is 0 Å². The van der Waals surface area contributed by atoms with E-state index in [1.807, 2.05) is 27.7 Å². The highest BCUT2D eigenvalue weighted by Crippen LogP contribution is 2.17. The molecule has 9 nitrogen and oxygen atoms in total. The van der Waals surface area contributed by atoms with Gasteiger partial charge in [0.2, 0.25) is 17.7 Å². The first kappa shape index (κ1) is 25.8. The smallest absolute Gasteiger partial charge is 0.328 e. The molecule has 0 aliphatic rings. The predicted octanol–water partition coefficient (Wildman–Crippen LogP) is 1.14. The van der Waals surface area contributed by atoms with Crippen LogP contribution in [0, 0.1) is 17.8 Å². The molecule has 0 heterocycles. The van der Waals surface area contributed by atoms with Crippen LogP contribution in [0.25, 0.3) is 0 Å². The summed E-state index contributed by atoms with van der Waals surface area (Å²) in [5.74, 6) is -2.58. The van der Waals surface area contributed by atoms with Gasteiger partial charge in [0, 0.05) is 12.3 Å². The van der Waals surface area contributed by atoms with E-state index in [0.717, 1.165) is 0 Å². The zero-order chi connectivity index (χ0) is 21.9. The standard InChI is InChI=1S/C19H35N3O6/c1-7-28-19(26)13(6)20-18(25)15(9-12(4)5)21-17(24)14(8-11(2)3)10-16(23)22-27/h11-15,27H,7-10H2,1-6H3,(H,20,25)(H,21,24)(H,22,23)/t13-,14?,15+/m1/s1. The Morgan fingerprint density at radius 2 is 1.46 bits per heavy atom. The third kappa shape index (κ3) is 10.2. The first-order valence-electron chi connectivity index (χ1n) is 9.71. The number of hydrogen-bond acceptors (Lipinski definition) is 6. The molecule has 0 aromatic heterocycles. The maximum atomic E-state index is 12.7. The zero-order valence-electron chi connectivity index (χ0n) is 17.7. The van der Waals surface area contributed by atoms with Gasteiger partial charge in [-0.05, 0) is 38.5 Å².